The lowest BCUT2D eigenvalue weighted by molar-refractivity contribution is 0.841. The number of H-pyrrole nitrogens is 1. The maximum absolute atomic E-state index is 5.81. The van der Waals surface area contributed by atoms with E-state index in [2.05, 4.69) is 44.0 Å². The zero-order chi connectivity index (χ0) is 11.7. The number of aromatic nitrogens is 1. The van der Waals surface area contributed by atoms with E-state index in [1.807, 2.05) is 0 Å². The molecule has 2 aromatic rings. The number of benzene rings is 1. The molecule has 16 heavy (non-hydrogen) atoms. The smallest absolute Gasteiger partial charge is 0.0491 e. The van der Waals surface area contributed by atoms with Crippen molar-refractivity contribution in [3.05, 3.63) is 35.0 Å². The number of fused-ring (bicyclic) bond motifs is 1. The van der Waals surface area contributed by atoms with E-state index in [4.69, 9.17) is 5.73 Å². The van der Waals surface area contributed by atoms with Gasteiger partial charge in [0.1, 0.15) is 0 Å². The normalized spacial score (nSPS) is 11.6. The van der Waals surface area contributed by atoms with Gasteiger partial charge in [0.15, 0.2) is 0 Å². The van der Waals surface area contributed by atoms with Crippen LogP contribution in [0.1, 0.15) is 43.5 Å². The molecule has 0 unspecified atom stereocenters. The molecule has 3 N–H and O–H groups in total. The highest BCUT2D eigenvalue weighted by Crippen LogP contribution is 2.30. The third kappa shape index (κ3) is 1.63. The molecule has 0 aliphatic rings. The highest BCUT2D eigenvalue weighted by molar-refractivity contribution is 5.87. The van der Waals surface area contributed by atoms with Crippen LogP contribution >= 0.6 is 0 Å². The van der Waals surface area contributed by atoms with Crippen molar-refractivity contribution in [1.82, 2.24) is 4.98 Å². The molecule has 0 bridgehead atoms. The van der Waals surface area contributed by atoms with Crippen LogP contribution in [0.15, 0.2) is 18.2 Å². The van der Waals surface area contributed by atoms with Gasteiger partial charge < -0.3 is 10.7 Å². The number of rotatable bonds is 3. The van der Waals surface area contributed by atoms with Crippen LogP contribution < -0.4 is 5.73 Å². The molecule has 0 saturated heterocycles. The highest BCUT2D eigenvalue weighted by atomic mass is 14.8. The SMILES string of the molecule is CCc1cccc2c(C(C)C)c(CN)[nH]c12. The van der Waals surface area contributed by atoms with E-state index < -0.39 is 0 Å². The van der Waals surface area contributed by atoms with Crippen molar-refractivity contribution in [2.45, 2.75) is 39.7 Å². The summed E-state index contributed by atoms with van der Waals surface area (Å²) < 4.78 is 0. The van der Waals surface area contributed by atoms with Crippen molar-refractivity contribution in [2.75, 3.05) is 0 Å². The monoisotopic (exact) mass is 216 g/mol. The molecular formula is C14H20N2. The number of hydrogen-bond acceptors (Lipinski definition) is 1. The zero-order valence-corrected chi connectivity index (χ0v) is 10.3. The molecule has 86 valence electrons. The molecule has 0 amide bonds. The summed E-state index contributed by atoms with van der Waals surface area (Å²) in [5, 5.41) is 1.34. The highest BCUT2D eigenvalue weighted by Gasteiger charge is 2.14. The van der Waals surface area contributed by atoms with Crippen LogP contribution in [-0.2, 0) is 13.0 Å². The van der Waals surface area contributed by atoms with Gasteiger partial charge in [0.05, 0.1) is 0 Å². The molecule has 0 atom stereocenters. The van der Waals surface area contributed by atoms with Gasteiger partial charge in [0.2, 0.25) is 0 Å². The van der Waals surface area contributed by atoms with Gasteiger partial charge in [0, 0.05) is 23.1 Å². The molecule has 1 heterocycles. The first-order chi connectivity index (χ1) is 7.69. The van der Waals surface area contributed by atoms with Gasteiger partial charge >= 0.3 is 0 Å². The van der Waals surface area contributed by atoms with E-state index in [-0.39, 0.29) is 0 Å². The fourth-order valence-electron chi connectivity index (χ4n) is 2.47. The Kier molecular flexibility index (Phi) is 3.01. The molecular weight excluding hydrogens is 196 g/mol. The van der Waals surface area contributed by atoms with Gasteiger partial charge in [-0.25, -0.2) is 0 Å². The van der Waals surface area contributed by atoms with Crippen LogP contribution in [0.4, 0.5) is 0 Å². The lowest BCUT2D eigenvalue weighted by atomic mass is 9.98. The molecule has 1 aromatic carbocycles. The lowest BCUT2D eigenvalue weighted by Gasteiger charge is -2.06. The number of aromatic amines is 1. The first-order valence-electron chi connectivity index (χ1n) is 6.01. The van der Waals surface area contributed by atoms with Gasteiger partial charge in [0.25, 0.3) is 0 Å². The van der Waals surface area contributed by atoms with E-state index in [0.29, 0.717) is 12.5 Å². The van der Waals surface area contributed by atoms with E-state index in [1.165, 1.54) is 27.7 Å². The van der Waals surface area contributed by atoms with Crippen molar-refractivity contribution in [1.29, 1.82) is 0 Å². The fourth-order valence-corrected chi connectivity index (χ4v) is 2.47. The molecule has 0 saturated carbocycles. The Hall–Kier alpha value is -1.28. The van der Waals surface area contributed by atoms with Gasteiger partial charge in [-0.15, -0.1) is 0 Å². The van der Waals surface area contributed by atoms with Crippen molar-refractivity contribution in [3.8, 4) is 0 Å². The predicted molar refractivity (Wildman–Crippen MR) is 69.7 cm³/mol. The Morgan fingerprint density at radius 1 is 1.31 bits per heavy atom. The summed E-state index contributed by atoms with van der Waals surface area (Å²) in [7, 11) is 0. The van der Waals surface area contributed by atoms with Crippen molar-refractivity contribution in [2.24, 2.45) is 5.73 Å². The van der Waals surface area contributed by atoms with E-state index >= 15 is 0 Å². The minimum absolute atomic E-state index is 0.513. The molecule has 0 radical (unpaired) electrons. The predicted octanol–water partition coefficient (Wildman–Crippen LogP) is 3.31. The fraction of sp³-hybridized carbons (Fsp3) is 0.429. The first kappa shape index (κ1) is 11.2. The van der Waals surface area contributed by atoms with E-state index in [9.17, 15) is 0 Å². The number of nitrogens with one attached hydrogen (secondary N) is 1. The zero-order valence-electron chi connectivity index (χ0n) is 10.3. The quantitative estimate of drug-likeness (QED) is 0.812. The maximum Gasteiger partial charge on any atom is 0.0491 e. The number of aryl methyl sites for hydroxylation is 1. The number of nitrogens with two attached hydrogens (primary N) is 1. The van der Waals surface area contributed by atoms with Crippen LogP contribution in [0.25, 0.3) is 10.9 Å². The summed E-state index contributed by atoms with van der Waals surface area (Å²) in [5.41, 5.74) is 11.0. The van der Waals surface area contributed by atoms with Crippen LogP contribution in [0.2, 0.25) is 0 Å². The first-order valence-corrected chi connectivity index (χ1v) is 6.01. The largest absolute Gasteiger partial charge is 0.357 e. The minimum atomic E-state index is 0.513. The number of para-hydroxylation sites is 1. The van der Waals surface area contributed by atoms with Gasteiger partial charge in [-0.1, -0.05) is 39.0 Å². The lowest BCUT2D eigenvalue weighted by Crippen LogP contribution is -2.01. The van der Waals surface area contributed by atoms with Gasteiger partial charge in [-0.3, -0.25) is 0 Å². The summed E-state index contributed by atoms with van der Waals surface area (Å²) >= 11 is 0. The summed E-state index contributed by atoms with van der Waals surface area (Å²) in [6, 6.07) is 6.52. The van der Waals surface area contributed by atoms with Crippen LogP contribution in [0.5, 0.6) is 0 Å². The van der Waals surface area contributed by atoms with Gasteiger partial charge in [-0.05, 0) is 23.5 Å². The molecule has 2 heteroatoms. The molecule has 2 nitrogen and oxygen atoms in total. The average Bonchev–Trinajstić information content (AvgIpc) is 2.66. The Morgan fingerprint density at radius 2 is 2.06 bits per heavy atom. The Balaban J connectivity index is 2.77. The molecule has 2 rings (SSSR count). The molecule has 0 aliphatic heterocycles. The molecule has 0 spiro atoms. The summed E-state index contributed by atoms with van der Waals surface area (Å²) in [5.74, 6) is 0.513. The Labute approximate surface area is 96.9 Å². The molecule has 0 fully saturated rings. The summed E-state index contributed by atoms with van der Waals surface area (Å²) in [4.78, 5) is 3.49. The standard InChI is InChI=1S/C14H20N2/c1-4-10-6-5-7-11-13(9(2)3)12(8-15)16-14(10)11/h5-7,9,16H,4,8,15H2,1-3H3. The second kappa shape index (κ2) is 4.30. The van der Waals surface area contributed by atoms with Crippen molar-refractivity contribution < 1.29 is 0 Å². The van der Waals surface area contributed by atoms with Gasteiger partial charge in [-0.2, -0.15) is 0 Å². The molecule has 1 aromatic heterocycles. The Bertz CT molecular complexity index is 495. The third-order valence-electron chi connectivity index (χ3n) is 3.20. The molecule has 0 aliphatic carbocycles. The topological polar surface area (TPSA) is 41.8 Å². The van der Waals surface area contributed by atoms with Crippen LogP contribution in [-0.4, -0.2) is 4.98 Å². The average molecular weight is 216 g/mol. The second-order valence-electron chi connectivity index (χ2n) is 4.57. The Morgan fingerprint density at radius 3 is 2.62 bits per heavy atom. The van der Waals surface area contributed by atoms with Crippen LogP contribution in [0, 0.1) is 0 Å². The third-order valence-corrected chi connectivity index (χ3v) is 3.20. The summed E-state index contributed by atoms with van der Waals surface area (Å²) in [6.45, 7) is 7.22. The summed E-state index contributed by atoms with van der Waals surface area (Å²) in [6.07, 6.45) is 1.05. The van der Waals surface area contributed by atoms with Crippen molar-refractivity contribution >= 4 is 10.9 Å². The maximum atomic E-state index is 5.81. The van der Waals surface area contributed by atoms with Crippen molar-refractivity contribution in [3.63, 3.8) is 0 Å². The number of hydrogen-bond donors (Lipinski definition) is 2. The van der Waals surface area contributed by atoms with E-state index in [0.717, 1.165) is 6.42 Å². The second-order valence-corrected chi connectivity index (χ2v) is 4.57. The van der Waals surface area contributed by atoms with E-state index in [1.54, 1.807) is 0 Å². The van der Waals surface area contributed by atoms with Crippen LogP contribution in [0.3, 0.4) is 0 Å². The minimum Gasteiger partial charge on any atom is -0.357 e.